The van der Waals surface area contributed by atoms with Gasteiger partial charge in [-0.15, -0.1) is 0 Å². The van der Waals surface area contributed by atoms with E-state index in [9.17, 15) is 8.78 Å². The van der Waals surface area contributed by atoms with Crippen molar-refractivity contribution in [3.05, 3.63) is 35.4 Å². The summed E-state index contributed by atoms with van der Waals surface area (Å²) < 4.78 is 26.5. The molecule has 1 unspecified atom stereocenters. The summed E-state index contributed by atoms with van der Waals surface area (Å²) in [6.45, 7) is -0.315. The largest absolute Gasteiger partial charge is 0.394 e. The fourth-order valence-electron chi connectivity index (χ4n) is 1.34. The number of hydrogen-bond donors (Lipinski definition) is 1. The summed E-state index contributed by atoms with van der Waals surface area (Å²) in [7, 11) is 3.32. The number of aliphatic hydroxyl groups is 1. The molecule has 0 saturated heterocycles. The lowest BCUT2D eigenvalue weighted by Crippen LogP contribution is -2.25. The smallest absolute Gasteiger partial charge is 0.131 e. The molecular formula is C10H13F2NO. The molecule has 0 aromatic heterocycles. The summed E-state index contributed by atoms with van der Waals surface area (Å²) >= 11 is 0. The van der Waals surface area contributed by atoms with Crippen molar-refractivity contribution in [1.82, 2.24) is 4.90 Å². The Kier molecular flexibility index (Phi) is 3.55. The summed E-state index contributed by atoms with van der Waals surface area (Å²) in [5.74, 6) is -1.25. The van der Waals surface area contributed by atoms with Gasteiger partial charge < -0.3 is 10.0 Å². The van der Waals surface area contributed by atoms with Gasteiger partial charge in [-0.2, -0.15) is 0 Å². The maximum Gasteiger partial charge on any atom is 0.131 e. The minimum absolute atomic E-state index is 0.0833. The molecule has 2 nitrogen and oxygen atoms in total. The van der Waals surface area contributed by atoms with Crippen LogP contribution >= 0.6 is 0 Å². The maximum absolute atomic E-state index is 13.3. The van der Waals surface area contributed by atoms with Gasteiger partial charge in [0.2, 0.25) is 0 Å². The van der Waals surface area contributed by atoms with Crippen LogP contribution in [0.5, 0.6) is 0 Å². The molecule has 1 atom stereocenters. The predicted octanol–water partition coefficient (Wildman–Crippen LogP) is 1.56. The van der Waals surface area contributed by atoms with Gasteiger partial charge in [0.05, 0.1) is 12.6 Å². The lowest BCUT2D eigenvalue weighted by atomic mass is 10.1. The van der Waals surface area contributed by atoms with Crippen LogP contribution in [-0.2, 0) is 0 Å². The van der Waals surface area contributed by atoms with Crippen LogP contribution in [0.1, 0.15) is 11.6 Å². The number of aliphatic hydroxyl groups excluding tert-OH is 1. The van der Waals surface area contributed by atoms with Crippen molar-refractivity contribution in [3.63, 3.8) is 0 Å². The molecule has 1 aromatic carbocycles. The molecule has 0 radical (unpaired) electrons. The Morgan fingerprint density at radius 2 is 1.79 bits per heavy atom. The van der Waals surface area contributed by atoms with Crippen molar-refractivity contribution < 1.29 is 13.9 Å². The van der Waals surface area contributed by atoms with Crippen LogP contribution in [-0.4, -0.2) is 30.7 Å². The third-order valence-corrected chi connectivity index (χ3v) is 2.13. The fourth-order valence-corrected chi connectivity index (χ4v) is 1.34. The van der Waals surface area contributed by atoms with E-state index in [-0.39, 0.29) is 12.2 Å². The molecule has 14 heavy (non-hydrogen) atoms. The van der Waals surface area contributed by atoms with Gasteiger partial charge in [-0.3, -0.25) is 0 Å². The van der Waals surface area contributed by atoms with Crippen molar-refractivity contribution in [2.24, 2.45) is 0 Å². The molecule has 0 amide bonds. The number of benzene rings is 1. The maximum atomic E-state index is 13.3. The van der Waals surface area contributed by atoms with E-state index < -0.39 is 17.7 Å². The van der Waals surface area contributed by atoms with Crippen LogP contribution in [0, 0.1) is 11.6 Å². The summed E-state index contributed by atoms with van der Waals surface area (Å²) in [4.78, 5) is 1.57. The van der Waals surface area contributed by atoms with Gasteiger partial charge in [0, 0.05) is 5.56 Å². The van der Waals surface area contributed by atoms with E-state index in [2.05, 4.69) is 0 Å². The lowest BCUT2D eigenvalue weighted by Gasteiger charge is -2.23. The third-order valence-electron chi connectivity index (χ3n) is 2.13. The zero-order valence-electron chi connectivity index (χ0n) is 8.17. The van der Waals surface area contributed by atoms with Crippen LogP contribution in [0.3, 0.4) is 0 Å². The van der Waals surface area contributed by atoms with Gasteiger partial charge in [-0.05, 0) is 26.2 Å². The second-order valence-electron chi connectivity index (χ2n) is 3.30. The van der Waals surface area contributed by atoms with E-state index in [1.807, 2.05) is 0 Å². The van der Waals surface area contributed by atoms with Crippen molar-refractivity contribution in [3.8, 4) is 0 Å². The SMILES string of the molecule is CN(C)C(CO)c1c(F)cccc1F. The molecule has 0 fully saturated rings. The Morgan fingerprint density at radius 1 is 1.29 bits per heavy atom. The van der Waals surface area contributed by atoms with Crippen LogP contribution < -0.4 is 0 Å². The molecule has 0 aliphatic carbocycles. The molecule has 0 spiro atoms. The first-order valence-corrected chi connectivity index (χ1v) is 4.29. The summed E-state index contributed by atoms with van der Waals surface area (Å²) in [5, 5.41) is 9.02. The van der Waals surface area contributed by atoms with E-state index in [1.165, 1.54) is 18.2 Å². The minimum atomic E-state index is -0.642. The van der Waals surface area contributed by atoms with E-state index >= 15 is 0 Å². The molecule has 4 heteroatoms. The Labute approximate surface area is 81.8 Å². The number of rotatable bonds is 3. The van der Waals surface area contributed by atoms with Crippen molar-refractivity contribution in [1.29, 1.82) is 0 Å². The average molecular weight is 201 g/mol. The zero-order chi connectivity index (χ0) is 10.7. The van der Waals surface area contributed by atoms with Crippen molar-refractivity contribution in [2.45, 2.75) is 6.04 Å². The third kappa shape index (κ3) is 2.08. The first kappa shape index (κ1) is 11.1. The second kappa shape index (κ2) is 4.48. The van der Waals surface area contributed by atoms with Gasteiger partial charge in [0.1, 0.15) is 11.6 Å². The molecular weight excluding hydrogens is 188 g/mol. The van der Waals surface area contributed by atoms with Crippen LogP contribution in [0.25, 0.3) is 0 Å². The van der Waals surface area contributed by atoms with Gasteiger partial charge >= 0.3 is 0 Å². The molecule has 0 aliphatic heterocycles. The van der Waals surface area contributed by atoms with E-state index in [0.717, 1.165) is 0 Å². The molecule has 78 valence electrons. The number of hydrogen-bond acceptors (Lipinski definition) is 2. The highest BCUT2D eigenvalue weighted by Crippen LogP contribution is 2.23. The molecule has 0 aliphatic rings. The van der Waals surface area contributed by atoms with E-state index in [0.29, 0.717) is 0 Å². The predicted molar refractivity (Wildman–Crippen MR) is 49.9 cm³/mol. The van der Waals surface area contributed by atoms with E-state index in [4.69, 9.17) is 5.11 Å². The topological polar surface area (TPSA) is 23.5 Å². The summed E-state index contributed by atoms with van der Waals surface area (Å²) in [6, 6.07) is 3.03. The Balaban J connectivity index is 3.15. The van der Waals surface area contributed by atoms with Gasteiger partial charge in [0.25, 0.3) is 0 Å². The zero-order valence-corrected chi connectivity index (χ0v) is 8.17. The van der Waals surface area contributed by atoms with Crippen molar-refractivity contribution in [2.75, 3.05) is 20.7 Å². The number of likely N-dealkylation sites (N-methyl/N-ethyl adjacent to an activating group) is 1. The molecule has 1 aromatic rings. The van der Waals surface area contributed by atoms with Crippen LogP contribution in [0.15, 0.2) is 18.2 Å². The normalized spacial score (nSPS) is 13.3. The second-order valence-corrected chi connectivity index (χ2v) is 3.30. The monoisotopic (exact) mass is 201 g/mol. The Hall–Kier alpha value is -1.00. The van der Waals surface area contributed by atoms with Gasteiger partial charge in [-0.25, -0.2) is 8.78 Å². The van der Waals surface area contributed by atoms with Crippen LogP contribution in [0.4, 0.5) is 8.78 Å². The van der Waals surface area contributed by atoms with Gasteiger partial charge in [-0.1, -0.05) is 6.07 Å². The van der Waals surface area contributed by atoms with Crippen LogP contribution in [0.2, 0.25) is 0 Å². The van der Waals surface area contributed by atoms with Gasteiger partial charge in [0.15, 0.2) is 0 Å². The lowest BCUT2D eigenvalue weighted by molar-refractivity contribution is 0.164. The molecule has 1 rings (SSSR count). The minimum Gasteiger partial charge on any atom is -0.394 e. The highest BCUT2D eigenvalue weighted by Gasteiger charge is 2.20. The highest BCUT2D eigenvalue weighted by molar-refractivity contribution is 5.23. The molecule has 0 heterocycles. The first-order chi connectivity index (χ1) is 6.57. The van der Waals surface area contributed by atoms with Crippen molar-refractivity contribution >= 4 is 0 Å². The standard InChI is InChI=1S/C10H13F2NO/c1-13(2)9(6-14)10-7(11)4-3-5-8(10)12/h3-5,9,14H,6H2,1-2H3. The molecule has 1 N–H and O–H groups in total. The molecule has 0 saturated carbocycles. The summed E-state index contributed by atoms with van der Waals surface area (Å²) in [6.07, 6.45) is 0. The summed E-state index contributed by atoms with van der Waals surface area (Å²) in [5.41, 5.74) is -0.0833. The molecule has 0 bridgehead atoms. The Bertz CT molecular complexity index is 295. The van der Waals surface area contributed by atoms with E-state index in [1.54, 1.807) is 19.0 Å². The average Bonchev–Trinajstić information content (AvgIpc) is 2.10. The number of halogens is 2. The Morgan fingerprint density at radius 3 is 2.14 bits per heavy atom. The fraction of sp³-hybridized carbons (Fsp3) is 0.400. The first-order valence-electron chi connectivity index (χ1n) is 4.29. The quantitative estimate of drug-likeness (QED) is 0.802. The number of nitrogens with zero attached hydrogens (tertiary/aromatic N) is 1. The highest BCUT2D eigenvalue weighted by atomic mass is 19.1.